The van der Waals surface area contributed by atoms with E-state index < -0.39 is 5.60 Å². The fourth-order valence-corrected chi connectivity index (χ4v) is 4.91. The van der Waals surface area contributed by atoms with Gasteiger partial charge in [-0.15, -0.1) is 0 Å². The Labute approximate surface area is 220 Å². The van der Waals surface area contributed by atoms with Crippen molar-refractivity contribution in [2.45, 2.75) is 37.3 Å². The molecule has 1 aromatic heterocycles. The summed E-state index contributed by atoms with van der Waals surface area (Å²) < 4.78 is 30.4. The van der Waals surface area contributed by atoms with E-state index in [0.717, 1.165) is 18.5 Å². The monoisotopic (exact) mass is 522 g/mol. The van der Waals surface area contributed by atoms with Crippen LogP contribution in [0.15, 0.2) is 48.5 Å². The second-order valence-electron chi connectivity index (χ2n) is 9.92. The molecule has 2 atom stereocenters. The number of aliphatic hydroxyl groups excluding tert-OH is 1. The minimum atomic E-state index is -1.42. The number of methoxy groups -OCH3 is 1. The molecule has 38 heavy (non-hydrogen) atoms. The van der Waals surface area contributed by atoms with Crippen LogP contribution < -0.4 is 19.5 Å². The molecule has 3 heterocycles. The Bertz CT molecular complexity index is 1340. The smallest absolute Gasteiger partial charge is 0.163 e. The second-order valence-corrected chi connectivity index (χ2v) is 9.92. The molecule has 0 amide bonds. The van der Waals surface area contributed by atoms with Crippen molar-refractivity contribution < 1.29 is 33.6 Å². The molecule has 3 aromatic rings. The molecule has 0 bridgehead atoms. The second kappa shape index (κ2) is 10.3. The maximum Gasteiger partial charge on any atom is 0.163 e. The minimum Gasteiger partial charge on any atom is -0.493 e. The molecule has 1 saturated heterocycles. The number of aromatic nitrogens is 1. The van der Waals surface area contributed by atoms with Gasteiger partial charge in [0.2, 0.25) is 0 Å². The number of fused-ring (bicyclic) bond motifs is 2. The summed E-state index contributed by atoms with van der Waals surface area (Å²) in [4.78, 5) is 17.8. The molecule has 2 unspecified atom stereocenters. The van der Waals surface area contributed by atoms with Crippen molar-refractivity contribution in [3.8, 4) is 28.5 Å². The first-order valence-corrected chi connectivity index (χ1v) is 12.6. The molecule has 0 saturated carbocycles. The van der Waals surface area contributed by atoms with Gasteiger partial charge in [0, 0.05) is 23.1 Å². The Morgan fingerprint density at radius 1 is 1.21 bits per heavy atom. The summed E-state index contributed by atoms with van der Waals surface area (Å²) in [6.07, 6.45) is 1.09. The van der Waals surface area contributed by atoms with Crippen molar-refractivity contribution in [1.82, 2.24) is 10.3 Å². The predicted molar refractivity (Wildman–Crippen MR) is 138 cm³/mol. The van der Waals surface area contributed by atoms with Gasteiger partial charge in [-0.2, -0.15) is 0 Å². The number of hydrogen-bond donors (Lipinski definition) is 3. The summed E-state index contributed by atoms with van der Waals surface area (Å²) in [5, 5.41) is 24.0. The lowest BCUT2D eigenvalue weighted by molar-refractivity contribution is 0.0395. The van der Waals surface area contributed by atoms with E-state index in [2.05, 4.69) is 5.32 Å². The van der Waals surface area contributed by atoms with Gasteiger partial charge in [0.25, 0.3) is 0 Å². The zero-order valence-electron chi connectivity index (χ0n) is 21.4. The molecule has 1 fully saturated rings. The van der Waals surface area contributed by atoms with Crippen LogP contribution in [0.5, 0.6) is 17.2 Å². The van der Waals surface area contributed by atoms with Gasteiger partial charge in [0.05, 0.1) is 24.9 Å². The minimum absolute atomic E-state index is 0.0670. The van der Waals surface area contributed by atoms with Crippen LogP contribution in [-0.2, 0) is 11.1 Å². The Morgan fingerprint density at radius 3 is 2.63 bits per heavy atom. The number of benzene rings is 2. The van der Waals surface area contributed by atoms with Crippen LogP contribution in [0, 0.1) is 5.82 Å². The van der Waals surface area contributed by atoms with Gasteiger partial charge in [0.15, 0.2) is 23.0 Å². The lowest BCUT2D eigenvalue weighted by Crippen LogP contribution is -2.55. The third kappa shape index (κ3) is 4.84. The van der Waals surface area contributed by atoms with E-state index in [1.165, 1.54) is 19.2 Å². The van der Waals surface area contributed by atoms with Gasteiger partial charge in [0.1, 0.15) is 30.3 Å². The standard InChI is InChI=1S/C29H31FN2O6/c1-28(35,10-9-22(34)19-5-8-23(37-14-13-33)24(15-19)36-2)25-16-21-27(38-17-29(21)11-12-31-29)26(32-25)18-3-6-20(30)7-4-18/h3-8,15-16,31,33,35H,9-14,17H2,1-2H3. The maximum absolute atomic E-state index is 13.6. The summed E-state index contributed by atoms with van der Waals surface area (Å²) in [5.41, 5.74) is 1.25. The normalized spacial score (nSPS) is 19.3. The highest BCUT2D eigenvalue weighted by atomic mass is 19.1. The van der Waals surface area contributed by atoms with E-state index in [1.54, 1.807) is 37.3 Å². The van der Waals surface area contributed by atoms with Gasteiger partial charge >= 0.3 is 0 Å². The number of carbonyl (C=O) groups excluding carboxylic acids is 1. The lowest BCUT2D eigenvalue weighted by Gasteiger charge is -2.39. The van der Waals surface area contributed by atoms with E-state index in [0.29, 0.717) is 46.4 Å². The van der Waals surface area contributed by atoms with Crippen LogP contribution in [0.25, 0.3) is 11.3 Å². The first kappa shape index (κ1) is 26.1. The molecule has 5 rings (SSSR count). The average Bonchev–Trinajstić information content (AvgIpc) is 3.31. The van der Waals surface area contributed by atoms with Crippen molar-refractivity contribution in [1.29, 1.82) is 0 Å². The van der Waals surface area contributed by atoms with Crippen LogP contribution in [0.2, 0.25) is 0 Å². The molecule has 2 aliphatic rings. The zero-order chi connectivity index (χ0) is 26.9. The fraction of sp³-hybridized carbons (Fsp3) is 0.379. The van der Waals surface area contributed by atoms with E-state index in [-0.39, 0.29) is 43.2 Å². The number of pyridine rings is 1. The Morgan fingerprint density at radius 2 is 1.97 bits per heavy atom. The van der Waals surface area contributed by atoms with Crippen LogP contribution >= 0.6 is 0 Å². The third-order valence-corrected chi connectivity index (χ3v) is 7.31. The lowest BCUT2D eigenvalue weighted by atomic mass is 9.80. The van der Waals surface area contributed by atoms with E-state index in [1.807, 2.05) is 6.07 Å². The molecule has 0 aliphatic carbocycles. The number of halogens is 1. The number of nitrogens with zero attached hydrogens (tertiary/aromatic N) is 1. The highest BCUT2D eigenvalue weighted by Crippen LogP contribution is 2.48. The van der Waals surface area contributed by atoms with Gasteiger partial charge < -0.3 is 29.7 Å². The number of aliphatic hydroxyl groups is 2. The van der Waals surface area contributed by atoms with Crippen LogP contribution in [0.1, 0.15) is 47.8 Å². The molecule has 2 aliphatic heterocycles. The fourth-order valence-electron chi connectivity index (χ4n) is 4.91. The topological polar surface area (TPSA) is 110 Å². The number of ketones is 1. The van der Waals surface area contributed by atoms with Gasteiger partial charge in [-0.1, -0.05) is 0 Å². The Balaban J connectivity index is 1.41. The summed E-state index contributed by atoms with van der Waals surface area (Å²) >= 11 is 0. The molecule has 200 valence electrons. The molecule has 2 aromatic carbocycles. The number of hydrogen-bond acceptors (Lipinski definition) is 8. The van der Waals surface area contributed by atoms with Gasteiger partial charge in [-0.3, -0.25) is 4.79 Å². The van der Waals surface area contributed by atoms with E-state index in [4.69, 9.17) is 24.3 Å². The van der Waals surface area contributed by atoms with E-state index >= 15 is 0 Å². The predicted octanol–water partition coefficient (Wildman–Crippen LogP) is 3.72. The Kier molecular flexibility index (Phi) is 7.09. The van der Waals surface area contributed by atoms with Gasteiger partial charge in [-0.25, -0.2) is 9.37 Å². The maximum atomic E-state index is 13.6. The van der Waals surface area contributed by atoms with Crippen LogP contribution in [-0.4, -0.2) is 54.5 Å². The van der Waals surface area contributed by atoms with E-state index in [9.17, 15) is 14.3 Å². The third-order valence-electron chi connectivity index (χ3n) is 7.31. The number of ether oxygens (including phenoxy) is 3. The first-order valence-electron chi connectivity index (χ1n) is 12.6. The summed E-state index contributed by atoms with van der Waals surface area (Å²) in [7, 11) is 1.48. The average molecular weight is 523 g/mol. The number of rotatable bonds is 10. The zero-order valence-corrected chi connectivity index (χ0v) is 21.4. The highest BCUT2D eigenvalue weighted by molar-refractivity contribution is 5.96. The van der Waals surface area contributed by atoms with Crippen molar-refractivity contribution >= 4 is 5.78 Å². The summed E-state index contributed by atoms with van der Waals surface area (Å²) in [6.45, 7) is 2.95. The number of nitrogens with one attached hydrogen (secondary N) is 1. The van der Waals surface area contributed by atoms with Gasteiger partial charge in [-0.05, 0) is 74.8 Å². The van der Waals surface area contributed by atoms with Crippen LogP contribution in [0.3, 0.4) is 0 Å². The molecule has 9 heteroatoms. The molecule has 1 spiro atoms. The number of carbonyl (C=O) groups is 1. The number of Topliss-reactive ketones (excluding diaryl/α,β-unsaturated/α-hetero) is 1. The van der Waals surface area contributed by atoms with Crippen LogP contribution in [0.4, 0.5) is 4.39 Å². The molecular formula is C29H31FN2O6. The summed E-state index contributed by atoms with van der Waals surface area (Å²) in [5.74, 6) is 0.933. The van der Waals surface area contributed by atoms with Crippen molar-refractivity contribution in [2.75, 3.05) is 33.5 Å². The molecule has 0 radical (unpaired) electrons. The first-order chi connectivity index (χ1) is 18.3. The largest absolute Gasteiger partial charge is 0.493 e. The molecule has 8 nitrogen and oxygen atoms in total. The highest BCUT2D eigenvalue weighted by Gasteiger charge is 2.47. The Hall–Kier alpha value is -3.53. The molecule has 3 N–H and O–H groups in total. The quantitative estimate of drug-likeness (QED) is 0.346. The van der Waals surface area contributed by atoms with Crippen molar-refractivity contribution in [3.63, 3.8) is 0 Å². The summed E-state index contributed by atoms with van der Waals surface area (Å²) in [6, 6.07) is 12.7. The van der Waals surface area contributed by atoms with Crippen molar-refractivity contribution in [3.05, 3.63) is 71.2 Å². The molecular weight excluding hydrogens is 491 g/mol. The van der Waals surface area contributed by atoms with Crippen molar-refractivity contribution in [2.24, 2.45) is 0 Å². The SMILES string of the molecule is COc1cc(C(=O)CCC(C)(O)c2cc3c(c(-c4ccc(F)cc4)n2)OCC32CCN2)ccc1OCCO.